The number of rotatable bonds is 8. The van der Waals surface area contributed by atoms with Gasteiger partial charge in [-0.25, -0.2) is 13.1 Å². The van der Waals surface area contributed by atoms with Crippen LogP contribution < -0.4 is 9.46 Å². The van der Waals surface area contributed by atoms with Crippen LogP contribution in [0.15, 0.2) is 35.4 Å². The highest BCUT2D eigenvalue weighted by Crippen LogP contribution is 2.20. The predicted molar refractivity (Wildman–Crippen MR) is 96.3 cm³/mol. The van der Waals surface area contributed by atoms with Gasteiger partial charge in [0.05, 0.1) is 24.2 Å². The van der Waals surface area contributed by atoms with E-state index in [1.807, 2.05) is 17.8 Å². The van der Waals surface area contributed by atoms with Crippen LogP contribution in [-0.4, -0.2) is 31.3 Å². The zero-order valence-electron chi connectivity index (χ0n) is 14.6. The Hall–Kier alpha value is -1.86. The number of ether oxygens (including phenoxy) is 1. The molecule has 1 aromatic heterocycles. The van der Waals surface area contributed by atoms with Gasteiger partial charge in [-0.15, -0.1) is 0 Å². The maximum atomic E-state index is 12.4. The van der Waals surface area contributed by atoms with E-state index in [0.717, 1.165) is 19.3 Å². The van der Waals surface area contributed by atoms with Gasteiger partial charge in [-0.1, -0.05) is 6.92 Å². The van der Waals surface area contributed by atoms with Crippen molar-refractivity contribution < 1.29 is 13.2 Å². The number of aromatic nitrogens is 2. The molecule has 0 aliphatic heterocycles. The molecule has 1 aliphatic carbocycles. The minimum atomic E-state index is -3.52. The third kappa shape index (κ3) is 4.41. The predicted octanol–water partition coefficient (Wildman–Crippen LogP) is 2.53. The minimum Gasteiger partial charge on any atom is -0.494 e. The number of nitrogens with one attached hydrogen (secondary N) is 1. The first kappa shape index (κ1) is 17.9. The average molecular weight is 363 g/mol. The lowest BCUT2D eigenvalue weighted by atomic mass is 9.98. The van der Waals surface area contributed by atoms with Gasteiger partial charge in [0.2, 0.25) is 10.0 Å². The summed E-state index contributed by atoms with van der Waals surface area (Å²) in [6.07, 6.45) is 7.33. The van der Waals surface area contributed by atoms with E-state index < -0.39 is 10.0 Å². The first-order chi connectivity index (χ1) is 12.1. The summed E-state index contributed by atoms with van der Waals surface area (Å²) in [7, 11) is -3.52. The van der Waals surface area contributed by atoms with Crippen LogP contribution in [0.25, 0.3) is 0 Å². The lowest BCUT2D eigenvalue weighted by Crippen LogP contribution is -2.28. The van der Waals surface area contributed by atoms with E-state index in [0.29, 0.717) is 25.4 Å². The SMILES string of the molecule is CCCOc1ccc(S(=O)(=O)NCCn2ncc3c2CCCC3)cc1. The molecule has 1 heterocycles. The Labute approximate surface area is 149 Å². The largest absolute Gasteiger partial charge is 0.494 e. The third-order valence-electron chi connectivity index (χ3n) is 4.37. The molecule has 136 valence electrons. The summed E-state index contributed by atoms with van der Waals surface area (Å²) in [5.41, 5.74) is 2.56. The molecule has 0 saturated heterocycles. The first-order valence-electron chi connectivity index (χ1n) is 8.86. The molecule has 25 heavy (non-hydrogen) atoms. The number of hydrogen-bond acceptors (Lipinski definition) is 4. The van der Waals surface area contributed by atoms with Crippen molar-refractivity contribution in [1.82, 2.24) is 14.5 Å². The fraction of sp³-hybridized carbons (Fsp3) is 0.500. The van der Waals surface area contributed by atoms with Gasteiger partial charge in [-0.05, 0) is 61.9 Å². The molecule has 0 atom stereocenters. The lowest BCUT2D eigenvalue weighted by molar-refractivity contribution is 0.317. The quantitative estimate of drug-likeness (QED) is 0.782. The van der Waals surface area contributed by atoms with Crippen molar-refractivity contribution >= 4 is 10.0 Å². The standard InChI is InChI=1S/C18H25N3O3S/c1-2-13-24-16-7-9-17(10-8-16)25(22,23)20-11-12-21-18-6-4-3-5-15(18)14-19-21/h7-10,14,20H,2-6,11-13H2,1H3. The van der Waals surface area contributed by atoms with E-state index in [-0.39, 0.29) is 4.90 Å². The van der Waals surface area contributed by atoms with Crippen molar-refractivity contribution in [3.8, 4) is 5.75 Å². The van der Waals surface area contributed by atoms with E-state index in [4.69, 9.17) is 4.74 Å². The fourth-order valence-electron chi connectivity index (χ4n) is 3.05. The van der Waals surface area contributed by atoms with Gasteiger partial charge in [0.25, 0.3) is 0 Å². The highest BCUT2D eigenvalue weighted by atomic mass is 32.2. The zero-order valence-corrected chi connectivity index (χ0v) is 15.4. The normalized spacial score (nSPS) is 14.3. The second-order valence-corrected chi connectivity index (χ2v) is 8.03. The van der Waals surface area contributed by atoms with Crippen molar-refractivity contribution in [3.05, 3.63) is 41.7 Å². The van der Waals surface area contributed by atoms with Crippen LogP contribution in [0.3, 0.4) is 0 Å². The van der Waals surface area contributed by atoms with Crippen LogP contribution in [0, 0.1) is 0 Å². The van der Waals surface area contributed by atoms with Gasteiger partial charge >= 0.3 is 0 Å². The Morgan fingerprint density at radius 3 is 2.72 bits per heavy atom. The summed E-state index contributed by atoms with van der Waals surface area (Å²) in [5, 5.41) is 4.40. The maximum absolute atomic E-state index is 12.4. The topological polar surface area (TPSA) is 73.2 Å². The second-order valence-electron chi connectivity index (χ2n) is 6.26. The molecule has 0 amide bonds. The first-order valence-corrected chi connectivity index (χ1v) is 10.3. The molecule has 2 aromatic rings. The number of nitrogens with zero attached hydrogens (tertiary/aromatic N) is 2. The molecule has 0 fully saturated rings. The van der Waals surface area contributed by atoms with Crippen LogP contribution in [0.2, 0.25) is 0 Å². The highest BCUT2D eigenvalue weighted by molar-refractivity contribution is 7.89. The number of sulfonamides is 1. The maximum Gasteiger partial charge on any atom is 0.240 e. The van der Waals surface area contributed by atoms with Gasteiger partial charge in [-0.3, -0.25) is 4.68 Å². The summed E-state index contributed by atoms with van der Waals surface area (Å²) in [5.74, 6) is 0.684. The molecule has 1 N–H and O–H groups in total. The van der Waals surface area contributed by atoms with Gasteiger partial charge in [0.1, 0.15) is 5.75 Å². The summed E-state index contributed by atoms with van der Waals surface area (Å²) in [6, 6.07) is 6.52. The van der Waals surface area contributed by atoms with Gasteiger partial charge in [-0.2, -0.15) is 5.10 Å². The van der Waals surface area contributed by atoms with E-state index in [2.05, 4.69) is 9.82 Å². The zero-order chi connectivity index (χ0) is 17.7. The Kier molecular flexibility index (Phi) is 5.75. The van der Waals surface area contributed by atoms with Crippen molar-refractivity contribution in [3.63, 3.8) is 0 Å². The Morgan fingerprint density at radius 1 is 1.20 bits per heavy atom. The van der Waals surface area contributed by atoms with Crippen molar-refractivity contribution in [2.24, 2.45) is 0 Å². The summed E-state index contributed by atoms with van der Waals surface area (Å²) >= 11 is 0. The highest BCUT2D eigenvalue weighted by Gasteiger charge is 2.16. The Bertz CT molecular complexity index is 797. The number of hydrogen-bond donors (Lipinski definition) is 1. The van der Waals surface area contributed by atoms with Crippen molar-refractivity contribution in [2.75, 3.05) is 13.2 Å². The molecular formula is C18H25N3O3S. The van der Waals surface area contributed by atoms with Crippen molar-refractivity contribution in [1.29, 1.82) is 0 Å². The number of fused-ring (bicyclic) bond motifs is 1. The van der Waals surface area contributed by atoms with E-state index in [1.54, 1.807) is 24.3 Å². The second kappa shape index (κ2) is 8.01. The number of aryl methyl sites for hydroxylation is 1. The molecule has 7 heteroatoms. The molecule has 0 saturated carbocycles. The minimum absolute atomic E-state index is 0.249. The van der Waals surface area contributed by atoms with Crippen LogP contribution in [0.5, 0.6) is 5.75 Å². The van der Waals surface area contributed by atoms with E-state index >= 15 is 0 Å². The van der Waals surface area contributed by atoms with Crippen LogP contribution >= 0.6 is 0 Å². The smallest absolute Gasteiger partial charge is 0.240 e. The summed E-state index contributed by atoms with van der Waals surface area (Å²) in [6.45, 7) is 3.52. The van der Waals surface area contributed by atoms with Crippen LogP contribution in [0.1, 0.15) is 37.4 Å². The Balaban J connectivity index is 1.57. The Morgan fingerprint density at radius 2 is 1.96 bits per heavy atom. The van der Waals surface area contributed by atoms with Gasteiger partial charge in [0, 0.05) is 12.2 Å². The van der Waals surface area contributed by atoms with Gasteiger partial charge < -0.3 is 4.74 Å². The summed E-state index contributed by atoms with van der Waals surface area (Å²) < 4.78 is 34.8. The van der Waals surface area contributed by atoms with Crippen LogP contribution in [-0.2, 0) is 29.4 Å². The molecule has 0 spiro atoms. The molecule has 6 nitrogen and oxygen atoms in total. The molecule has 0 unspecified atom stereocenters. The molecule has 3 rings (SSSR count). The summed E-state index contributed by atoms with van der Waals surface area (Å²) in [4.78, 5) is 0.249. The van der Waals surface area contributed by atoms with Crippen molar-refractivity contribution in [2.45, 2.75) is 50.5 Å². The molecule has 0 bridgehead atoms. The average Bonchev–Trinajstić information content (AvgIpc) is 3.03. The lowest BCUT2D eigenvalue weighted by Gasteiger charge is -2.14. The molecular weight excluding hydrogens is 338 g/mol. The van der Waals surface area contributed by atoms with E-state index in [1.165, 1.54) is 24.1 Å². The molecule has 1 aliphatic rings. The monoisotopic (exact) mass is 363 g/mol. The molecule has 1 aromatic carbocycles. The van der Waals surface area contributed by atoms with Gasteiger partial charge in [0.15, 0.2) is 0 Å². The number of benzene rings is 1. The third-order valence-corrected chi connectivity index (χ3v) is 5.84. The molecule has 0 radical (unpaired) electrons. The fourth-order valence-corrected chi connectivity index (χ4v) is 4.07. The van der Waals surface area contributed by atoms with Crippen LogP contribution in [0.4, 0.5) is 0 Å². The van der Waals surface area contributed by atoms with E-state index in [9.17, 15) is 8.42 Å².